The summed E-state index contributed by atoms with van der Waals surface area (Å²) in [5.41, 5.74) is 2.53. The van der Waals surface area contributed by atoms with Crippen molar-refractivity contribution in [2.24, 2.45) is 0 Å². The fraction of sp³-hybridized carbons (Fsp3) is 0.500. The van der Waals surface area contributed by atoms with Crippen molar-refractivity contribution in [1.82, 2.24) is 10.2 Å². The summed E-state index contributed by atoms with van der Waals surface area (Å²) in [6, 6.07) is 8.65. The van der Waals surface area contributed by atoms with Gasteiger partial charge >= 0.3 is 6.03 Å². The van der Waals surface area contributed by atoms with Crippen LogP contribution in [-0.2, 0) is 6.42 Å². The molecule has 1 atom stereocenters. The fourth-order valence-corrected chi connectivity index (χ4v) is 1.68. The summed E-state index contributed by atoms with van der Waals surface area (Å²) in [6.45, 7) is 6.74. The minimum absolute atomic E-state index is 0.00730. The summed E-state index contributed by atoms with van der Waals surface area (Å²) >= 11 is 0. The number of aryl methyl sites for hydroxylation is 1. The molecule has 3 nitrogen and oxygen atoms in total. The predicted molar refractivity (Wildman–Crippen MR) is 71.2 cm³/mol. The van der Waals surface area contributed by atoms with Crippen LogP contribution in [0.5, 0.6) is 0 Å². The van der Waals surface area contributed by atoms with Gasteiger partial charge in [-0.2, -0.15) is 0 Å². The Balaban J connectivity index is 2.56. The molecule has 0 aliphatic carbocycles. The van der Waals surface area contributed by atoms with E-state index < -0.39 is 0 Å². The third kappa shape index (κ3) is 4.10. The molecule has 2 amide bonds. The zero-order valence-corrected chi connectivity index (χ0v) is 11.2. The highest BCUT2D eigenvalue weighted by molar-refractivity contribution is 5.74. The van der Waals surface area contributed by atoms with E-state index in [9.17, 15) is 4.79 Å². The molecule has 1 N–H and O–H groups in total. The topological polar surface area (TPSA) is 32.3 Å². The largest absolute Gasteiger partial charge is 0.338 e. The maximum absolute atomic E-state index is 11.6. The van der Waals surface area contributed by atoms with E-state index in [-0.39, 0.29) is 12.1 Å². The van der Waals surface area contributed by atoms with Crippen LogP contribution in [0.2, 0.25) is 0 Å². The van der Waals surface area contributed by atoms with Crippen molar-refractivity contribution in [3.8, 4) is 0 Å². The summed E-state index contributed by atoms with van der Waals surface area (Å²) in [5.74, 6) is 0. The van der Waals surface area contributed by atoms with Gasteiger partial charge in [-0.3, -0.25) is 0 Å². The van der Waals surface area contributed by atoms with Gasteiger partial charge in [0.15, 0.2) is 0 Å². The summed E-state index contributed by atoms with van der Waals surface area (Å²) in [5, 5.41) is 2.81. The molecule has 1 aromatic rings. The Kier molecular flexibility index (Phi) is 5.01. The molecule has 0 bridgehead atoms. The molecule has 1 aromatic carbocycles. The maximum Gasteiger partial charge on any atom is 0.317 e. The third-order valence-corrected chi connectivity index (χ3v) is 2.96. The number of hydrogen-bond acceptors (Lipinski definition) is 1. The van der Waals surface area contributed by atoms with Crippen molar-refractivity contribution < 1.29 is 4.79 Å². The van der Waals surface area contributed by atoms with Crippen molar-refractivity contribution in [2.75, 3.05) is 13.6 Å². The zero-order valence-electron chi connectivity index (χ0n) is 11.2. The lowest BCUT2D eigenvalue weighted by Gasteiger charge is -2.25. The number of nitrogens with zero attached hydrogens (tertiary/aromatic N) is 1. The number of likely N-dealkylation sites (N-methyl/N-ethyl adjacent to an activating group) is 1. The highest BCUT2D eigenvalue weighted by Crippen LogP contribution is 2.09. The van der Waals surface area contributed by atoms with Gasteiger partial charge in [-0.05, 0) is 32.8 Å². The van der Waals surface area contributed by atoms with E-state index in [1.165, 1.54) is 11.1 Å². The molecule has 0 fully saturated rings. The Hall–Kier alpha value is -1.51. The minimum Gasteiger partial charge on any atom is -0.338 e. The van der Waals surface area contributed by atoms with Gasteiger partial charge < -0.3 is 10.2 Å². The summed E-state index contributed by atoms with van der Waals surface area (Å²) < 4.78 is 0. The highest BCUT2D eigenvalue weighted by atomic mass is 16.2. The van der Waals surface area contributed by atoms with Crippen LogP contribution in [0, 0.1) is 6.92 Å². The Morgan fingerprint density at radius 3 is 2.47 bits per heavy atom. The second-order valence-electron chi connectivity index (χ2n) is 4.49. The highest BCUT2D eigenvalue weighted by Gasteiger charge is 2.14. The van der Waals surface area contributed by atoms with Crippen LogP contribution in [0.4, 0.5) is 4.79 Å². The minimum atomic E-state index is -0.00730. The van der Waals surface area contributed by atoms with E-state index in [0.29, 0.717) is 6.54 Å². The summed E-state index contributed by atoms with van der Waals surface area (Å²) in [7, 11) is 1.84. The van der Waals surface area contributed by atoms with E-state index in [2.05, 4.69) is 43.4 Å². The number of amides is 2. The summed E-state index contributed by atoms with van der Waals surface area (Å²) in [6.07, 6.45) is 0.883. The van der Waals surface area contributed by atoms with Crippen LogP contribution in [0.1, 0.15) is 25.0 Å². The van der Waals surface area contributed by atoms with Crippen LogP contribution < -0.4 is 5.32 Å². The van der Waals surface area contributed by atoms with Gasteiger partial charge in [0.2, 0.25) is 0 Å². The van der Waals surface area contributed by atoms with E-state index in [1.807, 2.05) is 14.0 Å². The maximum atomic E-state index is 11.6. The molecule has 0 spiro atoms. The molecule has 1 rings (SSSR count). The van der Waals surface area contributed by atoms with Crippen molar-refractivity contribution in [3.63, 3.8) is 0 Å². The molecular formula is C14H22N2O. The fourth-order valence-electron chi connectivity index (χ4n) is 1.68. The van der Waals surface area contributed by atoms with Gasteiger partial charge in [-0.25, -0.2) is 4.79 Å². The lowest BCUT2D eigenvalue weighted by Crippen LogP contribution is -2.43. The Bertz CT molecular complexity index is 359. The first-order chi connectivity index (χ1) is 8.04. The lowest BCUT2D eigenvalue weighted by molar-refractivity contribution is 0.194. The molecule has 0 aliphatic heterocycles. The van der Waals surface area contributed by atoms with Crippen LogP contribution in [0.15, 0.2) is 24.3 Å². The molecule has 0 aromatic heterocycles. The third-order valence-electron chi connectivity index (χ3n) is 2.96. The summed E-state index contributed by atoms with van der Waals surface area (Å²) in [4.78, 5) is 13.4. The number of rotatable bonds is 4. The van der Waals surface area contributed by atoms with Gasteiger partial charge in [0.1, 0.15) is 0 Å². The average Bonchev–Trinajstić information content (AvgIpc) is 2.31. The predicted octanol–water partition coefficient (Wildman–Crippen LogP) is 2.59. The number of carbonyl (C=O) groups is 1. The molecule has 1 unspecified atom stereocenters. The number of benzene rings is 1. The Morgan fingerprint density at radius 1 is 1.35 bits per heavy atom. The van der Waals surface area contributed by atoms with Gasteiger partial charge in [-0.1, -0.05) is 29.8 Å². The van der Waals surface area contributed by atoms with Gasteiger partial charge in [0.05, 0.1) is 0 Å². The normalized spacial score (nSPS) is 12.0. The standard InChI is InChI=1S/C14H22N2O/c1-5-15-14(17)16(4)12(3)10-13-8-6-11(2)7-9-13/h6-9,12H,5,10H2,1-4H3,(H,15,17). The molecule has 17 heavy (non-hydrogen) atoms. The van der Waals surface area contributed by atoms with Crippen LogP contribution in [0.25, 0.3) is 0 Å². The molecular weight excluding hydrogens is 212 g/mol. The average molecular weight is 234 g/mol. The van der Waals surface area contributed by atoms with E-state index in [1.54, 1.807) is 4.90 Å². The van der Waals surface area contributed by atoms with Crippen LogP contribution in [-0.4, -0.2) is 30.6 Å². The molecule has 0 saturated carbocycles. The quantitative estimate of drug-likeness (QED) is 0.853. The molecule has 3 heteroatoms. The first-order valence-electron chi connectivity index (χ1n) is 6.10. The SMILES string of the molecule is CCNC(=O)N(C)C(C)Cc1ccc(C)cc1. The van der Waals surface area contributed by atoms with Crippen molar-refractivity contribution in [3.05, 3.63) is 35.4 Å². The zero-order chi connectivity index (χ0) is 12.8. The molecule has 0 aliphatic rings. The van der Waals surface area contributed by atoms with Gasteiger partial charge in [0.25, 0.3) is 0 Å². The van der Waals surface area contributed by atoms with E-state index in [0.717, 1.165) is 6.42 Å². The second kappa shape index (κ2) is 6.28. The van der Waals surface area contributed by atoms with Crippen molar-refractivity contribution in [1.29, 1.82) is 0 Å². The smallest absolute Gasteiger partial charge is 0.317 e. The van der Waals surface area contributed by atoms with Crippen LogP contribution in [0.3, 0.4) is 0 Å². The van der Waals surface area contributed by atoms with Gasteiger partial charge in [-0.15, -0.1) is 0 Å². The van der Waals surface area contributed by atoms with Gasteiger partial charge in [0, 0.05) is 19.6 Å². The van der Waals surface area contributed by atoms with Crippen molar-refractivity contribution in [2.45, 2.75) is 33.2 Å². The van der Waals surface area contributed by atoms with E-state index >= 15 is 0 Å². The molecule has 0 saturated heterocycles. The number of nitrogens with one attached hydrogen (secondary N) is 1. The molecule has 0 radical (unpaired) electrons. The first-order valence-corrected chi connectivity index (χ1v) is 6.10. The number of urea groups is 1. The monoisotopic (exact) mass is 234 g/mol. The molecule has 94 valence electrons. The van der Waals surface area contributed by atoms with Crippen LogP contribution >= 0.6 is 0 Å². The number of hydrogen-bond donors (Lipinski definition) is 1. The first kappa shape index (κ1) is 13.6. The second-order valence-corrected chi connectivity index (χ2v) is 4.49. The lowest BCUT2D eigenvalue weighted by atomic mass is 10.1. The van der Waals surface area contributed by atoms with Crippen molar-refractivity contribution >= 4 is 6.03 Å². The Labute approximate surface area is 104 Å². The number of carbonyl (C=O) groups excluding carboxylic acids is 1. The molecule has 0 heterocycles. The Morgan fingerprint density at radius 2 is 1.94 bits per heavy atom. The van der Waals surface area contributed by atoms with E-state index in [4.69, 9.17) is 0 Å².